The lowest BCUT2D eigenvalue weighted by atomic mass is 9.97. The average Bonchev–Trinajstić information content (AvgIpc) is 2.39. The van der Waals surface area contributed by atoms with E-state index in [-0.39, 0.29) is 36.9 Å². The van der Waals surface area contributed by atoms with Crippen LogP contribution < -0.4 is 5.73 Å². The fourth-order valence-corrected chi connectivity index (χ4v) is 1.75. The molecule has 1 unspecified atom stereocenters. The molecule has 3 N–H and O–H groups in total. The summed E-state index contributed by atoms with van der Waals surface area (Å²) in [5, 5.41) is 20.6. The van der Waals surface area contributed by atoms with E-state index < -0.39 is 10.6 Å². The van der Waals surface area contributed by atoms with Gasteiger partial charge in [-0.2, -0.15) is 0 Å². The van der Waals surface area contributed by atoms with Crippen LogP contribution in [0.2, 0.25) is 0 Å². The number of nitro benzene ring substituents is 1. The van der Waals surface area contributed by atoms with E-state index in [1.807, 2.05) is 0 Å². The van der Waals surface area contributed by atoms with Gasteiger partial charge in [-0.25, -0.2) is 0 Å². The first-order valence-corrected chi connectivity index (χ1v) is 6.28. The zero-order valence-electron chi connectivity index (χ0n) is 11.7. The molecule has 0 spiro atoms. The summed E-state index contributed by atoms with van der Waals surface area (Å²) in [7, 11) is 0. The largest absolute Gasteiger partial charge is 0.466 e. The van der Waals surface area contributed by atoms with Crippen molar-refractivity contribution in [1.82, 2.24) is 0 Å². The summed E-state index contributed by atoms with van der Waals surface area (Å²) in [6.07, 6.45) is 0.687. The predicted octanol–water partition coefficient (Wildman–Crippen LogP) is 1.85. The van der Waals surface area contributed by atoms with Crippen LogP contribution in [-0.2, 0) is 15.3 Å². The minimum absolute atomic E-state index is 0. The second-order valence-electron chi connectivity index (χ2n) is 4.39. The van der Waals surface area contributed by atoms with Gasteiger partial charge in [-0.1, -0.05) is 0 Å². The van der Waals surface area contributed by atoms with Crippen molar-refractivity contribution >= 4 is 24.1 Å². The minimum atomic E-state index is -1.62. The molecule has 21 heavy (non-hydrogen) atoms. The van der Waals surface area contributed by atoms with Crippen LogP contribution >= 0.6 is 12.4 Å². The van der Waals surface area contributed by atoms with Crippen LogP contribution in [0.5, 0.6) is 0 Å². The third-order valence-electron chi connectivity index (χ3n) is 2.82. The lowest BCUT2D eigenvalue weighted by Gasteiger charge is -2.23. The molecule has 1 rings (SSSR count). The smallest absolute Gasteiger partial charge is 0.305 e. The number of hydrogen-bond acceptors (Lipinski definition) is 6. The van der Waals surface area contributed by atoms with Crippen molar-refractivity contribution < 1.29 is 19.6 Å². The van der Waals surface area contributed by atoms with Gasteiger partial charge in [0.2, 0.25) is 0 Å². The van der Waals surface area contributed by atoms with E-state index in [9.17, 15) is 20.0 Å². The highest BCUT2D eigenvalue weighted by Gasteiger charge is 2.24. The molecule has 0 aliphatic heterocycles. The van der Waals surface area contributed by atoms with E-state index in [4.69, 9.17) is 10.5 Å². The highest BCUT2D eigenvalue weighted by molar-refractivity contribution is 5.85. The summed E-state index contributed by atoms with van der Waals surface area (Å²) in [5.74, 6) is -0.341. The van der Waals surface area contributed by atoms with Gasteiger partial charge in [0, 0.05) is 18.6 Å². The number of hydrogen-bond donors (Lipinski definition) is 2. The summed E-state index contributed by atoms with van der Waals surface area (Å²) in [6.45, 7) is 2.03. The van der Waals surface area contributed by atoms with Crippen molar-refractivity contribution in [3.05, 3.63) is 39.9 Å². The normalized spacial score (nSPS) is 12.9. The van der Waals surface area contributed by atoms with Gasteiger partial charge in [0.15, 0.2) is 0 Å². The first-order valence-electron chi connectivity index (χ1n) is 6.28. The van der Waals surface area contributed by atoms with Crippen LogP contribution in [0.1, 0.15) is 31.7 Å². The lowest BCUT2D eigenvalue weighted by molar-refractivity contribution is -0.384. The number of halogens is 1. The molecule has 0 amide bonds. The SMILES string of the molecule is CCOC(=O)CCCC(N)(O)c1ccc([N+](=O)[O-])cc1.Cl. The predicted molar refractivity (Wildman–Crippen MR) is 78.9 cm³/mol. The van der Waals surface area contributed by atoms with E-state index in [1.165, 1.54) is 24.3 Å². The van der Waals surface area contributed by atoms with Crippen molar-refractivity contribution in [1.29, 1.82) is 0 Å². The van der Waals surface area contributed by atoms with Gasteiger partial charge in [-0.15, -0.1) is 12.4 Å². The Morgan fingerprint density at radius 3 is 2.48 bits per heavy atom. The maximum atomic E-state index is 11.2. The first-order chi connectivity index (χ1) is 9.36. The molecule has 7 nitrogen and oxygen atoms in total. The number of nitrogens with two attached hydrogens (primary N) is 1. The molecule has 0 radical (unpaired) electrons. The molecule has 0 aliphatic carbocycles. The van der Waals surface area contributed by atoms with E-state index in [1.54, 1.807) is 6.92 Å². The quantitative estimate of drug-likeness (QED) is 0.343. The Labute approximate surface area is 128 Å². The minimum Gasteiger partial charge on any atom is -0.466 e. The van der Waals surface area contributed by atoms with Crippen molar-refractivity contribution in [2.75, 3.05) is 6.61 Å². The Balaban J connectivity index is 0.00000400. The van der Waals surface area contributed by atoms with Gasteiger partial charge >= 0.3 is 5.97 Å². The van der Waals surface area contributed by atoms with E-state index in [0.717, 1.165) is 0 Å². The number of carbonyl (C=O) groups excluding carboxylic acids is 1. The maximum Gasteiger partial charge on any atom is 0.305 e. The Morgan fingerprint density at radius 1 is 1.43 bits per heavy atom. The van der Waals surface area contributed by atoms with Crippen LogP contribution in [0.3, 0.4) is 0 Å². The highest BCUT2D eigenvalue weighted by atomic mass is 35.5. The summed E-state index contributed by atoms with van der Waals surface area (Å²) in [5.41, 5.74) is 4.43. The van der Waals surface area contributed by atoms with Crippen LogP contribution in [-0.4, -0.2) is 22.6 Å². The number of benzene rings is 1. The number of ether oxygens (including phenoxy) is 1. The number of non-ortho nitro benzene ring substituents is 1. The maximum absolute atomic E-state index is 11.2. The Kier molecular flexibility index (Phi) is 7.86. The lowest BCUT2D eigenvalue weighted by Crippen LogP contribution is -2.36. The third-order valence-corrected chi connectivity index (χ3v) is 2.82. The van der Waals surface area contributed by atoms with Gasteiger partial charge in [-0.3, -0.25) is 20.6 Å². The molecule has 0 aromatic heterocycles. The summed E-state index contributed by atoms with van der Waals surface area (Å²) < 4.78 is 4.77. The first kappa shape index (κ1) is 19.3. The van der Waals surface area contributed by atoms with Gasteiger partial charge in [0.25, 0.3) is 5.69 Å². The molecule has 1 aromatic rings. The molecule has 1 atom stereocenters. The van der Waals surface area contributed by atoms with Gasteiger partial charge < -0.3 is 9.84 Å². The molecule has 0 saturated heterocycles. The van der Waals surface area contributed by atoms with Crippen LogP contribution in [0.4, 0.5) is 5.69 Å². The van der Waals surface area contributed by atoms with E-state index >= 15 is 0 Å². The molecule has 0 heterocycles. The van der Waals surface area contributed by atoms with Crippen LogP contribution in [0.15, 0.2) is 24.3 Å². The topological polar surface area (TPSA) is 116 Å². The number of rotatable bonds is 7. The average molecular weight is 319 g/mol. The van der Waals surface area contributed by atoms with Crippen molar-refractivity contribution in [2.24, 2.45) is 5.73 Å². The molecular weight excluding hydrogens is 300 g/mol. The standard InChI is InChI=1S/C13H18N2O5.ClH/c1-2-20-12(16)4-3-9-13(14,17)10-5-7-11(8-6-10)15(18)19;/h5-8,17H,2-4,9,14H2,1H3;1H. The zero-order chi connectivity index (χ0) is 15.2. The summed E-state index contributed by atoms with van der Waals surface area (Å²) >= 11 is 0. The third kappa shape index (κ3) is 6.07. The number of nitro groups is 1. The summed E-state index contributed by atoms with van der Waals surface area (Å²) in [6, 6.07) is 5.36. The fourth-order valence-electron chi connectivity index (χ4n) is 1.75. The second-order valence-corrected chi connectivity index (χ2v) is 4.39. The molecule has 8 heteroatoms. The fraction of sp³-hybridized carbons (Fsp3) is 0.462. The Hall–Kier alpha value is -1.70. The number of aliphatic hydroxyl groups is 1. The molecule has 0 bridgehead atoms. The van der Waals surface area contributed by atoms with E-state index in [0.29, 0.717) is 18.6 Å². The van der Waals surface area contributed by atoms with Crippen molar-refractivity contribution in [3.8, 4) is 0 Å². The molecule has 0 fully saturated rings. The number of carbonyl (C=O) groups is 1. The van der Waals surface area contributed by atoms with Gasteiger partial charge in [0.1, 0.15) is 5.72 Å². The monoisotopic (exact) mass is 318 g/mol. The Bertz CT molecular complexity index is 476. The second kappa shape index (κ2) is 8.56. The van der Waals surface area contributed by atoms with Gasteiger partial charge in [0.05, 0.1) is 11.5 Å². The number of esters is 1. The molecule has 1 aromatic carbocycles. The van der Waals surface area contributed by atoms with Crippen LogP contribution in [0, 0.1) is 10.1 Å². The van der Waals surface area contributed by atoms with Gasteiger partial charge in [-0.05, 0) is 37.5 Å². The molecule has 118 valence electrons. The molecular formula is C13H19ClN2O5. The highest BCUT2D eigenvalue weighted by Crippen LogP contribution is 2.23. The van der Waals surface area contributed by atoms with E-state index in [2.05, 4.69) is 0 Å². The molecule has 0 aliphatic rings. The number of nitrogens with zero attached hydrogens (tertiary/aromatic N) is 1. The summed E-state index contributed by atoms with van der Waals surface area (Å²) in [4.78, 5) is 21.2. The van der Waals surface area contributed by atoms with Crippen LogP contribution in [0.25, 0.3) is 0 Å². The van der Waals surface area contributed by atoms with Crippen molar-refractivity contribution in [3.63, 3.8) is 0 Å². The van der Waals surface area contributed by atoms with Crippen molar-refractivity contribution in [2.45, 2.75) is 31.9 Å². The molecule has 0 saturated carbocycles. The zero-order valence-corrected chi connectivity index (χ0v) is 12.5. The Morgan fingerprint density at radius 2 is 2.00 bits per heavy atom.